The Bertz CT molecular complexity index is 445. The zero-order valence-electron chi connectivity index (χ0n) is 12.8. The van der Waals surface area contributed by atoms with Crippen LogP contribution in [0.1, 0.15) is 12.0 Å². The highest BCUT2D eigenvalue weighted by atomic mass is 16.5. The molecule has 0 spiro atoms. The minimum absolute atomic E-state index is 0.0535. The summed E-state index contributed by atoms with van der Waals surface area (Å²) in [4.78, 5) is 11.6. The third-order valence-corrected chi connectivity index (χ3v) is 2.85. The molecule has 0 saturated carbocycles. The van der Waals surface area contributed by atoms with Gasteiger partial charge >= 0.3 is 0 Å². The topological polar surface area (TPSA) is 38.3 Å². The number of nitrogens with one attached hydrogen (secondary N) is 1. The van der Waals surface area contributed by atoms with E-state index in [1.807, 2.05) is 24.3 Å². The van der Waals surface area contributed by atoms with E-state index >= 15 is 0 Å². The van der Waals surface area contributed by atoms with E-state index in [1.165, 1.54) is 0 Å². The molecule has 0 aliphatic carbocycles. The number of nitrogens with zero attached hydrogens (tertiary/aromatic N) is 1. The second-order valence-corrected chi connectivity index (χ2v) is 5.77. The van der Waals surface area contributed by atoms with Crippen LogP contribution < -0.4 is 10.1 Å². The van der Waals surface area contributed by atoms with Crippen LogP contribution in [0.5, 0.6) is 5.75 Å². The number of carbonyl (C=O) groups excluding carboxylic acids is 1. The summed E-state index contributed by atoms with van der Waals surface area (Å²) in [7, 11) is 8.07. The smallest absolute Gasteiger partial charge is 0.244 e. The molecule has 20 heavy (non-hydrogen) atoms. The second kappa shape index (κ2) is 7.70. The normalized spacial score (nSPS) is 11.6. The first-order valence-electron chi connectivity index (χ1n) is 6.81. The molecule has 0 heterocycles. The first-order valence-corrected chi connectivity index (χ1v) is 6.81. The summed E-state index contributed by atoms with van der Waals surface area (Å²) in [5.74, 6) is 0.758. The van der Waals surface area contributed by atoms with Crippen LogP contribution in [0.25, 0.3) is 6.08 Å². The number of hydrogen-bond acceptors (Lipinski definition) is 2. The van der Waals surface area contributed by atoms with Crippen LogP contribution in [0, 0.1) is 0 Å². The standard InChI is InChI=1S/C16H24N2O2/c1-18(2,3)13-5-12-17-16(19)11-8-14-6-9-15(20-4)10-7-14/h6-11H,5,12-13H2,1-4H3/p+1/b11-8+. The first-order chi connectivity index (χ1) is 9.40. The Morgan fingerprint density at radius 2 is 1.90 bits per heavy atom. The summed E-state index contributed by atoms with van der Waals surface area (Å²) < 4.78 is 6.00. The quantitative estimate of drug-likeness (QED) is 0.470. The van der Waals surface area contributed by atoms with Crippen LogP contribution in [-0.2, 0) is 4.79 Å². The van der Waals surface area contributed by atoms with Crippen molar-refractivity contribution in [2.75, 3.05) is 41.3 Å². The number of ether oxygens (including phenoxy) is 1. The van der Waals surface area contributed by atoms with Crippen LogP contribution in [0.15, 0.2) is 30.3 Å². The Morgan fingerprint density at radius 1 is 1.25 bits per heavy atom. The molecule has 4 nitrogen and oxygen atoms in total. The van der Waals surface area contributed by atoms with Crippen molar-refractivity contribution in [3.8, 4) is 5.75 Å². The largest absolute Gasteiger partial charge is 0.497 e. The molecule has 0 radical (unpaired) electrons. The molecule has 0 unspecified atom stereocenters. The van der Waals surface area contributed by atoms with Gasteiger partial charge in [0.25, 0.3) is 0 Å². The lowest BCUT2D eigenvalue weighted by molar-refractivity contribution is -0.870. The maximum absolute atomic E-state index is 11.6. The molecule has 110 valence electrons. The van der Waals surface area contributed by atoms with Crippen LogP contribution in [0.2, 0.25) is 0 Å². The van der Waals surface area contributed by atoms with Gasteiger partial charge in [-0.2, -0.15) is 0 Å². The summed E-state index contributed by atoms with van der Waals surface area (Å²) in [6, 6.07) is 7.58. The monoisotopic (exact) mass is 277 g/mol. The van der Waals surface area contributed by atoms with E-state index in [-0.39, 0.29) is 5.91 Å². The van der Waals surface area contributed by atoms with E-state index in [1.54, 1.807) is 19.3 Å². The van der Waals surface area contributed by atoms with Crippen molar-refractivity contribution < 1.29 is 14.0 Å². The Balaban J connectivity index is 2.32. The van der Waals surface area contributed by atoms with Gasteiger partial charge in [0.2, 0.25) is 5.91 Å². The van der Waals surface area contributed by atoms with Crippen molar-refractivity contribution in [1.82, 2.24) is 5.32 Å². The van der Waals surface area contributed by atoms with Gasteiger partial charge in [-0.15, -0.1) is 0 Å². The molecule has 1 rings (SSSR count). The molecular formula is C16H25N2O2+. The van der Waals surface area contributed by atoms with Gasteiger partial charge < -0.3 is 14.5 Å². The molecule has 0 fully saturated rings. The fourth-order valence-corrected chi connectivity index (χ4v) is 1.71. The highest BCUT2D eigenvalue weighted by Crippen LogP contribution is 2.12. The van der Waals surface area contributed by atoms with Crippen molar-refractivity contribution in [3.05, 3.63) is 35.9 Å². The molecular weight excluding hydrogens is 252 g/mol. The Morgan fingerprint density at radius 3 is 2.45 bits per heavy atom. The Labute approximate surface area is 121 Å². The fraction of sp³-hybridized carbons (Fsp3) is 0.438. The number of amides is 1. The van der Waals surface area contributed by atoms with E-state index in [4.69, 9.17) is 4.74 Å². The van der Waals surface area contributed by atoms with Crippen LogP contribution in [0.3, 0.4) is 0 Å². The lowest BCUT2D eigenvalue weighted by Gasteiger charge is -2.23. The molecule has 1 N–H and O–H groups in total. The predicted molar refractivity (Wildman–Crippen MR) is 82.6 cm³/mol. The maximum atomic E-state index is 11.6. The van der Waals surface area contributed by atoms with Crippen molar-refractivity contribution in [3.63, 3.8) is 0 Å². The highest BCUT2D eigenvalue weighted by molar-refractivity contribution is 5.91. The summed E-state index contributed by atoms with van der Waals surface area (Å²) in [5, 5.41) is 2.89. The number of hydrogen-bond donors (Lipinski definition) is 1. The fourth-order valence-electron chi connectivity index (χ4n) is 1.71. The average Bonchev–Trinajstić information content (AvgIpc) is 2.41. The number of rotatable bonds is 7. The summed E-state index contributed by atoms with van der Waals surface area (Å²) in [5.41, 5.74) is 0.979. The van der Waals surface area contributed by atoms with Gasteiger partial charge in [-0.25, -0.2) is 0 Å². The first kappa shape index (κ1) is 16.2. The van der Waals surface area contributed by atoms with Gasteiger partial charge in [0.15, 0.2) is 0 Å². The van der Waals surface area contributed by atoms with E-state index in [0.29, 0.717) is 6.54 Å². The summed E-state index contributed by atoms with van der Waals surface area (Å²) in [6.45, 7) is 1.75. The summed E-state index contributed by atoms with van der Waals surface area (Å²) >= 11 is 0. The molecule has 0 atom stereocenters. The van der Waals surface area contributed by atoms with Crippen LogP contribution in [-0.4, -0.2) is 51.7 Å². The predicted octanol–water partition coefficient (Wildman–Crippen LogP) is 1.92. The van der Waals surface area contributed by atoms with Crippen molar-refractivity contribution >= 4 is 12.0 Å². The zero-order valence-corrected chi connectivity index (χ0v) is 12.8. The van der Waals surface area contributed by atoms with E-state index in [9.17, 15) is 4.79 Å². The molecule has 0 bridgehead atoms. The van der Waals surface area contributed by atoms with E-state index in [2.05, 4.69) is 26.5 Å². The van der Waals surface area contributed by atoms with Gasteiger partial charge in [0, 0.05) is 19.0 Å². The second-order valence-electron chi connectivity index (χ2n) is 5.77. The zero-order chi connectivity index (χ0) is 15.0. The Kier molecular flexibility index (Phi) is 6.25. The van der Waals surface area contributed by atoms with Crippen LogP contribution in [0.4, 0.5) is 0 Å². The molecule has 1 aromatic rings. The number of benzene rings is 1. The van der Waals surface area contributed by atoms with Crippen molar-refractivity contribution in [2.45, 2.75) is 6.42 Å². The third-order valence-electron chi connectivity index (χ3n) is 2.85. The van der Waals surface area contributed by atoms with E-state index in [0.717, 1.165) is 28.8 Å². The number of quaternary nitrogens is 1. The average molecular weight is 277 g/mol. The molecule has 0 aliphatic heterocycles. The van der Waals surface area contributed by atoms with Gasteiger partial charge in [-0.1, -0.05) is 12.1 Å². The van der Waals surface area contributed by atoms with E-state index < -0.39 is 0 Å². The number of carbonyl (C=O) groups is 1. The SMILES string of the molecule is COc1ccc(/C=C/C(=O)NCCC[N+](C)(C)C)cc1. The number of methoxy groups -OCH3 is 1. The summed E-state index contributed by atoms with van der Waals surface area (Å²) in [6.07, 6.45) is 4.34. The van der Waals surface area contributed by atoms with Crippen molar-refractivity contribution in [2.24, 2.45) is 0 Å². The van der Waals surface area contributed by atoms with Gasteiger partial charge in [-0.05, 0) is 23.8 Å². The molecule has 4 heteroatoms. The molecule has 0 aliphatic rings. The van der Waals surface area contributed by atoms with Gasteiger partial charge in [-0.3, -0.25) is 4.79 Å². The lowest BCUT2D eigenvalue weighted by atomic mass is 10.2. The molecule has 0 aromatic heterocycles. The third kappa shape index (κ3) is 6.95. The Hall–Kier alpha value is -1.81. The minimum Gasteiger partial charge on any atom is -0.497 e. The molecule has 1 aromatic carbocycles. The van der Waals surface area contributed by atoms with Gasteiger partial charge in [0.05, 0.1) is 34.8 Å². The minimum atomic E-state index is -0.0535. The maximum Gasteiger partial charge on any atom is 0.244 e. The van der Waals surface area contributed by atoms with Crippen molar-refractivity contribution in [1.29, 1.82) is 0 Å². The lowest BCUT2D eigenvalue weighted by Crippen LogP contribution is -2.37. The van der Waals surface area contributed by atoms with Crippen LogP contribution >= 0.6 is 0 Å². The molecule has 0 saturated heterocycles. The van der Waals surface area contributed by atoms with Gasteiger partial charge in [0.1, 0.15) is 5.75 Å². The molecule has 1 amide bonds. The highest BCUT2D eigenvalue weighted by Gasteiger charge is 2.05.